The van der Waals surface area contributed by atoms with Gasteiger partial charge in [0.05, 0.1) is 0 Å². The lowest BCUT2D eigenvalue weighted by Crippen LogP contribution is -2.46. The lowest BCUT2D eigenvalue weighted by molar-refractivity contribution is -0.137. The fraction of sp³-hybridized carbons (Fsp3) is 0.909. The van der Waals surface area contributed by atoms with Gasteiger partial charge in [-0.3, -0.25) is 4.79 Å². The van der Waals surface area contributed by atoms with Crippen molar-refractivity contribution in [2.45, 2.75) is 32.6 Å². The van der Waals surface area contributed by atoms with Gasteiger partial charge >= 0.3 is 0 Å². The van der Waals surface area contributed by atoms with Crippen LogP contribution < -0.4 is 5.73 Å². The average molecular weight is 199 g/mol. The van der Waals surface area contributed by atoms with Crippen molar-refractivity contribution in [1.82, 2.24) is 0 Å². The number of methoxy groups -OCH3 is 1. The van der Waals surface area contributed by atoms with Crippen LogP contribution in [0.15, 0.2) is 0 Å². The lowest BCUT2D eigenvalue weighted by atomic mass is 9.63. The van der Waals surface area contributed by atoms with E-state index in [0.717, 1.165) is 25.7 Å². The van der Waals surface area contributed by atoms with Crippen LogP contribution in [0.5, 0.6) is 0 Å². The fourth-order valence-corrected chi connectivity index (χ4v) is 2.10. The summed E-state index contributed by atoms with van der Waals surface area (Å²) in [7, 11) is 1.67. The van der Waals surface area contributed by atoms with Gasteiger partial charge in [0.15, 0.2) is 0 Å². The van der Waals surface area contributed by atoms with E-state index in [2.05, 4.69) is 0 Å². The summed E-state index contributed by atoms with van der Waals surface area (Å²) in [5.74, 6) is 0.446. The number of hydrogen-bond acceptors (Lipinski definition) is 3. The fourth-order valence-electron chi connectivity index (χ4n) is 2.10. The van der Waals surface area contributed by atoms with Crippen LogP contribution in [0.25, 0.3) is 0 Å². The van der Waals surface area contributed by atoms with Gasteiger partial charge < -0.3 is 10.5 Å². The maximum atomic E-state index is 12.0. The molecule has 2 N–H and O–H groups in total. The molecule has 1 saturated carbocycles. The lowest BCUT2D eigenvalue weighted by Gasteiger charge is -2.41. The van der Waals surface area contributed by atoms with E-state index >= 15 is 0 Å². The van der Waals surface area contributed by atoms with E-state index in [1.165, 1.54) is 0 Å². The van der Waals surface area contributed by atoms with E-state index in [-0.39, 0.29) is 11.3 Å². The summed E-state index contributed by atoms with van der Waals surface area (Å²) in [6.45, 7) is 3.16. The van der Waals surface area contributed by atoms with Crippen molar-refractivity contribution >= 4 is 5.78 Å². The van der Waals surface area contributed by atoms with Crippen molar-refractivity contribution in [3.8, 4) is 0 Å². The zero-order valence-corrected chi connectivity index (χ0v) is 9.21. The van der Waals surface area contributed by atoms with E-state index in [0.29, 0.717) is 18.9 Å². The summed E-state index contributed by atoms with van der Waals surface area (Å²) >= 11 is 0. The van der Waals surface area contributed by atoms with Crippen molar-refractivity contribution in [3.05, 3.63) is 0 Å². The number of Topliss-reactive ketones (excluding diaryl/α,β-unsaturated/α-hetero) is 1. The molecule has 1 aliphatic rings. The van der Waals surface area contributed by atoms with Gasteiger partial charge in [-0.1, -0.05) is 13.3 Å². The van der Waals surface area contributed by atoms with E-state index in [1.54, 1.807) is 7.11 Å². The molecule has 1 aliphatic carbocycles. The van der Waals surface area contributed by atoms with Crippen LogP contribution in [-0.4, -0.2) is 26.0 Å². The first-order chi connectivity index (χ1) is 6.66. The minimum absolute atomic E-state index is 0.0961. The second kappa shape index (κ2) is 4.89. The topological polar surface area (TPSA) is 52.3 Å². The summed E-state index contributed by atoms with van der Waals surface area (Å²) in [4.78, 5) is 12.0. The van der Waals surface area contributed by atoms with Crippen LogP contribution in [0, 0.1) is 11.3 Å². The van der Waals surface area contributed by atoms with Crippen LogP contribution in [0.1, 0.15) is 32.6 Å². The van der Waals surface area contributed by atoms with Gasteiger partial charge in [-0.15, -0.1) is 0 Å². The summed E-state index contributed by atoms with van der Waals surface area (Å²) in [6, 6.07) is 0. The molecule has 14 heavy (non-hydrogen) atoms. The first kappa shape index (κ1) is 11.7. The molecule has 0 spiro atoms. The average Bonchev–Trinajstić information content (AvgIpc) is 2.13. The first-order valence-corrected chi connectivity index (χ1v) is 5.39. The molecule has 1 fully saturated rings. The third kappa shape index (κ3) is 2.15. The third-order valence-electron chi connectivity index (χ3n) is 3.43. The van der Waals surface area contributed by atoms with Crippen molar-refractivity contribution in [3.63, 3.8) is 0 Å². The monoisotopic (exact) mass is 199 g/mol. The molecule has 0 aliphatic heterocycles. The van der Waals surface area contributed by atoms with E-state index in [9.17, 15) is 4.79 Å². The van der Waals surface area contributed by atoms with Crippen LogP contribution in [0.2, 0.25) is 0 Å². The van der Waals surface area contributed by atoms with Crippen LogP contribution in [0.3, 0.4) is 0 Å². The normalized spacial score (nSPS) is 21.4. The zero-order chi connectivity index (χ0) is 10.6. The Kier molecular flexibility index (Phi) is 4.08. The molecule has 3 nitrogen and oxygen atoms in total. The SMILES string of the molecule is COCCC(C)C(=O)C1(CN)CCC1. The van der Waals surface area contributed by atoms with Crippen molar-refractivity contribution in [1.29, 1.82) is 0 Å². The van der Waals surface area contributed by atoms with Crippen molar-refractivity contribution in [2.75, 3.05) is 20.3 Å². The number of ketones is 1. The van der Waals surface area contributed by atoms with Crippen LogP contribution >= 0.6 is 0 Å². The Balaban J connectivity index is 2.46. The molecule has 0 bridgehead atoms. The molecule has 0 saturated heterocycles. The van der Waals surface area contributed by atoms with Gasteiger partial charge in [-0.2, -0.15) is 0 Å². The van der Waals surface area contributed by atoms with Crippen molar-refractivity contribution in [2.24, 2.45) is 17.1 Å². The Morgan fingerprint density at radius 1 is 1.57 bits per heavy atom. The van der Waals surface area contributed by atoms with Crippen molar-refractivity contribution < 1.29 is 9.53 Å². The molecular formula is C11H21NO2. The van der Waals surface area contributed by atoms with Crippen LogP contribution in [0.4, 0.5) is 0 Å². The van der Waals surface area contributed by atoms with Gasteiger partial charge in [-0.25, -0.2) is 0 Å². The summed E-state index contributed by atoms with van der Waals surface area (Å²) in [5, 5.41) is 0. The highest BCUT2D eigenvalue weighted by Gasteiger charge is 2.43. The molecule has 1 unspecified atom stereocenters. The van der Waals surface area contributed by atoms with Gasteiger partial charge in [-0.05, 0) is 19.3 Å². The van der Waals surface area contributed by atoms with Gasteiger partial charge in [0.2, 0.25) is 0 Å². The quantitative estimate of drug-likeness (QED) is 0.702. The van der Waals surface area contributed by atoms with E-state index in [4.69, 9.17) is 10.5 Å². The maximum Gasteiger partial charge on any atom is 0.143 e. The Hall–Kier alpha value is -0.410. The van der Waals surface area contributed by atoms with Gasteiger partial charge in [0, 0.05) is 31.6 Å². The maximum absolute atomic E-state index is 12.0. The molecule has 0 aromatic rings. The second-order valence-electron chi connectivity index (χ2n) is 4.38. The van der Waals surface area contributed by atoms with E-state index < -0.39 is 0 Å². The number of carbonyl (C=O) groups is 1. The highest BCUT2D eigenvalue weighted by Crippen LogP contribution is 2.42. The Morgan fingerprint density at radius 3 is 2.57 bits per heavy atom. The van der Waals surface area contributed by atoms with E-state index in [1.807, 2.05) is 6.92 Å². The predicted molar refractivity (Wildman–Crippen MR) is 56.0 cm³/mol. The summed E-state index contributed by atoms with van der Waals surface area (Å²) < 4.78 is 4.98. The summed E-state index contributed by atoms with van der Waals surface area (Å²) in [6.07, 6.45) is 3.94. The molecule has 0 heterocycles. The molecule has 0 radical (unpaired) electrons. The zero-order valence-electron chi connectivity index (χ0n) is 9.21. The second-order valence-corrected chi connectivity index (χ2v) is 4.38. The molecular weight excluding hydrogens is 178 g/mol. The standard InChI is InChI=1S/C11H21NO2/c1-9(4-7-14-2)10(13)11(8-12)5-3-6-11/h9H,3-8,12H2,1-2H3. The number of nitrogens with two attached hydrogens (primary N) is 1. The number of rotatable bonds is 6. The highest BCUT2D eigenvalue weighted by molar-refractivity contribution is 5.87. The van der Waals surface area contributed by atoms with Gasteiger partial charge in [0.1, 0.15) is 5.78 Å². The number of carbonyl (C=O) groups excluding carboxylic acids is 1. The Bertz CT molecular complexity index is 194. The molecule has 1 rings (SSSR count). The van der Waals surface area contributed by atoms with Crippen LogP contribution in [-0.2, 0) is 9.53 Å². The highest BCUT2D eigenvalue weighted by atomic mass is 16.5. The molecule has 82 valence electrons. The summed E-state index contributed by atoms with van der Waals surface area (Å²) in [5.41, 5.74) is 5.51. The largest absolute Gasteiger partial charge is 0.385 e. The predicted octanol–water partition coefficient (Wildman–Crippen LogP) is 1.36. The molecule has 0 amide bonds. The first-order valence-electron chi connectivity index (χ1n) is 5.39. The Labute approximate surface area is 86.0 Å². The molecule has 1 atom stereocenters. The smallest absolute Gasteiger partial charge is 0.143 e. The Morgan fingerprint density at radius 2 is 2.21 bits per heavy atom. The minimum atomic E-state index is -0.173. The number of ether oxygens (including phenoxy) is 1. The molecule has 0 aromatic heterocycles. The third-order valence-corrected chi connectivity index (χ3v) is 3.43. The number of hydrogen-bond donors (Lipinski definition) is 1. The minimum Gasteiger partial charge on any atom is -0.385 e. The van der Waals surface area contributed by atoms with Gasteiger partial charge in [0.25, 0.3) is 0 Å². The molecule has 0 aromatic carbocycles. The molecule has 3 heteroatoms.